The maximum absolute atomic E-state index is 9.61. The first-order valence-electron chi connectivity index (χ1n) is 2.00. The average Bonchev–Trinajstić information content (AvgIpc) is 1.91. The van der Waals surface area contributed by atoms with Crippen LogP contribution in [0.5, 0.6) is 0 Å². The maximum atomic E-state index is 9.61. The highest BCUT2D eigenvalue weighted by Crippen LogP contribution is 1.81. The Hall–Kier alpha value is -1.56. The Labute approximate surface area is 53.5 Å². The van der Waals surface area contributed by atoms with Gasteiger partial charge in [-0.15, -0.1) is 13.2 Å². The van der Waals surface area contributed by atoms with E-state index in [4.69, 9.17) is 10.4 Å². The molecule has 0 aromatic rings. The van der Waals surface area contributed by atoms with Crippen LogP contribution in [0.15, 0.2) is 25.3 Å². The lowest BCUT2D eigenvalue weighted by Crippen LogP contribution is -1.94. The standard InChI is InChI=1S/C4H3NO2.C2H4/c1-3(2-5)4(6)7;1-2/h1H2,(H,6,7);1-2H2. The van der Waals surface area contributed by atoms with Crippen LogP contribution in [-0.4, -0.2) is 11.1 Å². The van der Waals surface area contributed by atoms with Crippen molar-refractivity contribution in [2.24, 2.45) is 0 Å². The van der Waals surface area contributed by atoms with Crippen LogP contribution in [0.25, 0.3) is 0 Å². The van der Waals surface area contributed by atoms with Crippen LogP contribution in [0, 0.1) is 11.3 Å². The molecule has 0 spiro atoms. The second kappa shape index (κ2) is 6.44. The fourth-order valence-corrected chi connectivity index (χ4v) is 0.0478. The fourth-order valence-electron chi connectivity index (χ4n) is 0.0478. The summed E-state index contributed by atoms with van der Waals surface area (Å²) in [5.41, 5.74) is -0.431. The van der Waals surface area contributed by atoms with Gasteiger partial charge >= 0.3 is 5.97 Å². The van der Waals surface area contributed by atoms with E-state index >= 15 is 0 Å². The monoisotopic (exact) mass is 125 g/mol. The zero-order valence-electron chi connectivity index (χ0n) is 4.92. The largest absolute Gasteiger partial charge is 0.477 e. The molecule has 0 aromatic carbocycles. The number of rotatable bonds is 1. The van der Waals surface area contributed by atoms with Gasteiger partial charge in [0.05, 0.1) is 0 Å². The smallest absolute Gasteiger partial charge is 0.345 e. The van der Waals surface area contributed by atoms with Crippen molar-refractivity contribution in [3.05, 3.63) is 25.3 Å². The van der Waals surface area contributed by atoms with Crippen molar-refractivity contribution in [1.82, 2.24) is 0 Å². The molecule has 0 fully saturated rings. The molecule has 0 saturated carbocycles. The zero-order valence-corrected chi connectivity index (χ0v) is 4.92. The summed E-state index contributed by atoms with van der Waals surface area (Å²) >= 11 is 0. The van der Waals surface area contributed by atoms with Gasteiger partial charge in [0, 0.05) is 0 Å². The van der Waals surface area contributed by atoms with Crippen LogP contribution in [0.3, 0.4) is 0 Å². The van der Waals surface area contributed by atoms with E-state index in [0.29, 0.717) is 0 Å². The van der Waals surface area contributed by atoms with Crippen LogP contribution in [0.2, 0.25) is 0 Å². The lowest BCUT2D eigenvalue weighted by Gasteiger charge is -1.76. The Kier molecular flexibility index (Phi) is 7.46. The Morgan fingerprint density at radius 3 is 1.89 bits per heavy atom. The predicted molar refractivity (Wildman–Crippen MR) is 33.6 cm³/mol. The van der Waals surface area contributed by atoms with Crippen LogP contribution in [-0.2, 0) is 4.79 Å². The first kappa shape index (κ1) is 10.4. The second-order valence-electron chi connectivity index (χ2n) is 0.896. The van der Waals surface area contributed by atoms with Crippen molar-refractivity contribution >= 4 is 5.97 Å². The lowest BCUT2D eigenvalue weighted by molar-refractivity contribution is -0.132. The molecule has 0 radical (unpaired) electrons. The van der Waals surface area contributed by atoms with E-state index in [0.717, 1.165) is 0 Å². The van der Waals surface area contributed by atoms with E-state index in [2.05, 4.69) is 19.7 Å². The quantitative estimate of drug-likeness (QED) is 0.322. The highest BCUT2D eigenvalue weighted by atomic mass is 16.4. The number of nitriles is 1. The topological polar surface area (TPSA) is 61.1 Å². The highest BCUT2D eigenvalue weighted by Gasteiger charge is 1.97. The Morgan fingerprint density at radius 2 is 1.89 bits per heavy atom. The van der Waals surface area contributed by atoms with E-state index < -0.39 is 11.5 Å². The van der Waals surface area contributed by atoms with E-state index in [9.17, 15) is 4.79 Å². The normalized spacial score (nSPS) is 5.67. The lowest BCUT2D eigenvalue weighted by atomic mass is 10.4. The van der Waals surface area contributed by atoms with Crippen molar-refractivity contribution in [1.29, 1.82) is 5.26 Å². The molecule has 9 heavy (non-hydrogen) atoms. The third kappa shape index (κ3) is 6.44. The van der Waals surface area contributed by atoms with Gasteiger partial charge in [0.1, 0.15) is 11.6 Å². The molecule has 3 nitrogen and oxygen atoms in total. The zero-order chi connectivity index (χ0) is 7.86. The second-order valence-corrected chi connectivity index (χ2v) is 0.896. The van der Waals surface area contributed by atoms with Crippen molar-refractivity contribution in [3.8, 4) is 6.07 Å². The van der Waals surface area contributed by atoms with Gasteiger partial charge in [0.15, 0.2) is 0 Å². The molecule has 0 aliphatic rings. The SMILES string of the molecule is C=C.C=C(C#N)C(=O)O. The average molecular weight is 125 g/mol. The van der Waals surface area contributed by atoms with E-state index in [1.807, 2.05) is 0 Å². The Morgan fingerprint density at radius 1 is 1.56 bits per heavy atom. The summed E-state index contributed by atoms with van der Waals surface area (Å²) in [6.45, 7) is 8.91. The number of aliphatic carboxylic acids is 1. The van der Waals surface area contributed by atoms with Gasteiger partial charge in [-0.2, -0.15) is 5.26 Å². The molecule has 0 heterocycles. The molecule has 0 unspecified atom stereocenters. The number of nitrogens with zero attached hydrogens (tertiary/aromatic N) is 1. The molecule has 1 N–H and O–H groups in total. The molecular formula is C6H7NO2. The summed E-state index contributed by atoms with van der Waals surface area (Å²) in [4.78, 5) is 9.61. The van der Waals surface area contributed by atoms with Crippen molar-refractivity contribution in [2.75, 3.05) is 0 Å². The van der Waals surface area contributed by atoms with Crippen LogP contribution in [0.1, 0.15) is 0 Å². The van der Waals surface area contributed by atoms with Crippen molar-refractivity contribution < 1.29 is 9.90 Å². The first-order valence-corrected chi connectivity index (χ1v) is 2.00. The van der Waals surface area contributed by atoms with Gasteiger partial charge in [-0.05, 0) is 0 Å². The number of carboxylic acid groups (broad SMARTS) is 1. The predicted octanol–water partition coefficient (Wildman–Crippen LogP) is 0.953. The van der Waals surface area contributed by atoms with Gasteiger partial charge in [-0.3, -0.25) is 0 Å². The molecule has 48 valence electrons. The fraction of sp³-hybridized carbons (Fsp3) is 0. The van der Waals surface area contributed by atoms with Gasteiger partial charge in [0.2, 0.25) is 0 Å². The first-order chi connectivity index (χ1) is 4.18. The molecule has 3 heteroatoms. The third-order valence-corrected chi connectivity index (χ3v) is 0.393. The van der Waals surface area contributed by atoms with E-state index in [1.54, 1.807) is 0 Å². The summed E-state index contributed by atoms with van der Waals surface area (Å²) in [5.74, 6) is -1.26. The van der Waals surface area contributed by atoms with Crippen molar-refractivity contribution in [2.45, 2.75) is 0 Å². The van der Waals surface area contributed by atoms with Gasteiger partial charge in [0.25, 0.3) is 0 Å². The summed E-state index contributed by atoms with van der Waals surface area (Å²) in [7, 11) is 0. The van der Waals surface area contributed by atoms with Crippen LogP contribution in [0.4, 0.5) is 0 Å². The summed E-state index contributed by atoms with van der Waals surface area (Å²) in [6, 6.07) is 1.37. The van der Waals surface area contributed by atoms with E-state index in [1.165, 1.54) is 6.07 Å². The molecule has 0 atom stereocenters. The molecule has 0 aliphatic heterocycles. The maximum Gasteiger partial charge on any atom is 0.345 e. The number of hydrogen-bond acceptors (Lipinski definition) is 2. The minimum atomic E-state index is -1.26. The Balaban J connectivity index is 0. The Bertz CT molecular complexity index is 155. The molecule has 0 bridgehead atoms. The van der Waals surface area contributed by atoms with Crippen molar-refractivity contribution in [3.63, 3.8) is 0 Å². The molecule has 0 saturated heterocycles. The van der Waals surface area contributed by atoms with Crippen LogP contribution < -0.4 is 0 Å². The van der Waals surface area contributed by atoms with Gasteiger partial charge < -0.3 is 5.11 Å². The molecule has 0 aliphatic carbocycles. The molecule has 0 amide bonds. The molecule has 0 aromatic heterocycles. The van der Waals surface area contributed by atoms with Crippen LogP contribution >= 0.6 is 0 Å². The highest BCUT2D eigenvalue weighted by molar-refractivity contribution is 5.90. The number of carboxylic acids is 1. The summed E-state index contributed by atoms with van der Waals surface area (Å²) in [6.07, 6.45) is 0. The van der Waals surface area contributed by atoms with Gasteiger partial charge in [-0.25, -0.2) is 4.79 Å². The van der Waals surface area contributed by atoms with E-state index in [-0.39, 0.29) is 0 Å². The number of carbonyl (C=O) groups is 1. The number of hydrogen-bond donors (Lipinski definition) is 1. The third-order valence-electron chi connectivity index (χ3n) is 0.393. The molecule has 0 rings (SSSR count). The molecular weight excluding hydrogens is 118 g/mol. The van der Waals surface area contributed by atoms with Gasteiger partial charge in [-0.1, -0.05) is 6.58 Å². The minimum Gasteiger partial charge on any atom is -0.477 e. The summed E-state index contributed by atoms with van der Waals surface area (Å²) < 4.78 is 0. The minimum absolute atomic E-state index is 0.431. The summed E-state index contributed by atoms with van der Waals surface area (Å²) in [5, 5.41) is 15.6.